The lowest BCUT2D eigenvalue weighted by molar-refractivity contribution is 0.0519. The number of hydrogen-bond donors (Lipinski definition) is 2. The van der Waals surface area contributed by atoms with Gasteiger partial charge in [0.2, 0.25) is 0 Å². The van der Waals surface area contributed by atoms with E-state index in [2.05, 4.69) is 46.5 Å². The fraction of sp³-hybridized carbons (Fsp3) is 0.667. The van der Waals surface area contributed by atoms with Gasteiger partial charge in [-0.15, -0.1) is 11.3 Å². The Balaban J connectivity index is 2.39. The lowest BCUT2D eigenvalue weighted by atomic mass is 9.97. The molecule has 0 aliphatic heterocycles. The predicted molar refractivity (Wildman–Crippen MR) is 74.1 cm³/mol. The van der Waals surface area contributed by atoms with E-state index in [0.717, 1.165) is 23.9 Å². The summed E-state index contributed by atoms with van der Waals surface area (Å²) in [6.45, 7) is 7.00. The predicted octanol–water partition coefficient (Wildman–Crippen LogP) is 3.19. The van der Waals surface area contributed by atoms with E-state index < -0.39 is 5.60 Å². The van der Waals surface area contributed by atoms with Gasteiger partial charge < -0.3 is 10.4 Å². The van der Waals surface area contributed by atoms with Crippen molar-refractivity contribution in [3.8, 4) is 0 Å². The van der Waals surface area contributed by atoms with Gasteiger partial charge in [0.05, 0.1) is 5.60 Å². The summed E-state index contributed by atoms with van der Waals surface area (Å²) in [4.78, 5) is 1.22. The first-order valence-electron chi connectivity index (χ1n) is 5.58. The SMILES string of the molecule is CC(C)NCCC(C)(O)Cc1cc(Br)cs1. The number of thiophene rings is 1. The summed E-state index contributed by atoms with van der Waals surface area (Å²) >= 11 is 5.12. The monoisotopic (exact) mass is 305 g/mol. The second kappa shape index (κ2) is 6.15. The molecule has 0 bridgehead atoms. The summed E-state index contributed by atoms with van der Waals surface area (Å²) in [5.74, 6) is 0. The largest absolute Gasteiger partial charge is 0.390 e. The van der Waals surface area contributed by atoms with Crippen molar-refractivity contribution in [3.63, 3.8) is 0 Å². The van der Waals surface area contributed by atoms with Crippen molar-refractivity contribution in [1.82, 2.24) is 5.32 Å². The summed E-state index contributed by atoms with van der Waals surface area (Å²) in [5, 5.41) is 15.6. The molecule has 1 aromatic rings. The number of hydrogen-bond acceptors (Lipinski definition) is 3. The molecule has 1 atom stereocenters. The molecule has 0 spiro atoms. The molecule has 0 saturated carbocycles. The molecule has 0 aromatic carbocycles. The highest BCUT2D eigenvalue weighted by atomic mass is 79.9. The molecule has 16 heavy (non-hydrogen) atoms. The average molecular weight is 306 g/mol. The standard InChI is InChI=1S/C12H20BrNOS/c1-9(2)14-5-4-12(3,15)7-11-6-10(13)8-16-11/h6,8-9,14-15H,4-5,7H2,1-3H3. The van der Waals surface area contributed by atoms with Crippen molar-refractivity contribution < 1.29 is 5.11 Å². The normalized spacial score (nSPS) is 15.4. The minimum Gasteiger partial charge on any atom is -0.390 e. The fourth-order valence-corrected chi connectivity index (χ4v) is 3.17. The molecule has 1 unspecified atom stereocenters. The summed E-state index contributed by atoms with van der Waals surface area (Å²) in [5.41, 5.74) is -0.619. The van der Waals surface area contributed by atoms with Crippen LogP contribution in [0.5, 0.6) is 0 Å². The van der Waals surface area contributed by atoms with Crippen LogP contribution in [0.1, 0.15) is 32.1 Å². The summed E-state index contributed by atoms with van der Waals surface area (Å²) in [6, 6.07) is 2.56. The van der Waals surface area contributed by atoms with Crippen LogP contribution < -0.4 is 5.32 Å². The number of nitrogens with one attached hydrogen (secondary N) is 1. The Bertz CT molecular complexity index is 323. The highest BCUT2D eigenvalue weighted by molar-refractivity contribution is 9.10. The Hall–Kier alpha value is 0.1000. The Morgan fingerprint density at radius 2 is 2.25 bits per heavy atom. The maximum atomic E-state index is 10.2. The second-order valence-corrected chi connectivity index (χ2v) is 6.68. The number of halogens is 1. The van der Waals surface area contributed by atoms with E-state index in [0.29, 0.717) is 6.04 Å². The summed E-state index contributed by atoms with van der Waals surface area (Å²) in [7, 11) is 0. The third-order valence-electron chi connectivity index (χ3n) is 2.39. The summed E-state index contributed by atoms with van der Waals surface area (Å²) < 4.78 is 1.10. The third kappa shape index (κ3) is 5.43. The van der Waals surface area contributed by atoms with Gasteiger partial charge >= 0.3 is 0 Å². The first-order valence-corrected chi connectivity index (χ1v) is 7.25. The van der Waals surface area contributed by atoms with Crippen LogP contribution in [0.2, 0.25) is 0 Å². The molecule has 0 amide bonds. The maximum Gasteiger partial charge on any atom is 0.0679 e. The second-order valence-electron chi connectivity index (χ2n) is 4.76. The maximum absolute atomic E-state index is 10.2. The Kier molecular flexibility index (Phi) is 5.44. The number of aliphatic hydroxyl groups is 1. The highest BCUT2D eigenvalue weighted by Crippen LogP contribution is 2.25. The molecule has 92 valence electrons. The molecule has 0 saturated heterocycles. The van der Waals surface area contributed by atoms with Crippen LogP contribution in [0.4, 0.5) is 0 Å². The van der Waals surface area contributed by atoms with Gasteiger partial charge in [0, 0.05) is 27.2 Å². The van der Waals surface area contributed by atoms with Crippen molar-refractivity contribution in [3.05, 3.63) is 20.8 Å². The molecule has 4 heteroatoms. The summed E-state index contributed by atoms with van der Waals surface area (Å²) in [6.07, 6.45) is 1.50. The van der Waals surface area contributed by atoms with E-state index in [1.807, 2.05) is 6.92 Å². The Morgan fingerprint density at radius 1 is 1.56 bits per heavy atom. The van der Waals surface area contributed by atoms with Gasteiger partial charge in [0.25, 0.3) is 0 Å². The molecule has 2 N–H and O–H groups in total. The zero-order valence-electron chi connectivity index (χ0n) is 10.1. The minimum atomic E-state index is -0.619. The molecular weight excluding hydrogens is 286 g/mol. The molecule has 1 heterocycles. The van der Waals surface area contributed by atoms with Crippen LogP contribution in [-0.4, -0.2) is 23.3 Å². The minimum absolute atomic E-state index is 0.478. The lowest BCUT2D eigenvalue weighted by Gasteiger charge is -2.23. The van der Waals surface area contributed by atoms with Gasteiger partial charge in [-0.1, -0.05) is 13.8 Å². The fourth-order valence-electron chi connectivity index (χ4n) is 1.54. The molecule has 0 radical (unpaired) electrons. The van der Waals surface area contributed by atoms with Gasteiger partial charge in [-0.25, -0.2) is 0 Å². The molecule has 1 rings (SSSR count). The zero-order valence-corrected chi connectivity index (χ0v) is 12.5. The molecule has 0 fully saturated rings. The molecule has 0 aliphatic rings. The highest BCUT2D eigenvalue weighted by Gasteiger charge is 2.21. The van der Waals surface area contributed by atoms with Crippen molar-refractivity contribution in [1.29, 1.82) is 0 Å². The van der Waals surface area contributed by atoms with Crippen molar-refractivity contribution in [2.24, 2.45) is 0 Å². The van der Waals surface area contributed by atoms with E-state index in [4.69, 9.17) is 0 Å². The third-order valence-corrected chi connectivity index (χ3v) is 4.09. The van der Waals surface area contributed by atoms with E-state index in [1.165, 1.54) is 4.88 Å². The molecule has 2 nitrogen and oxygen atoms in total. The quantitative estimate of drug-likeness (QED) is 0.846. The van der Waals surface area contributed by atoms with Gasteiger partial charge in [-0.3, -0.25) is 0 Å². The first kappa shape index (κ1) is 14.2. The van der Waals surface area contributed by atoms with Crippen LogP contribution in [0, 0.1) is 0 Å². The van der Waals surface area contributed by atoms with Gasteiger partial charge in [-0.05, 0) is 41.9 Å². The van der Waals surface area contributed by atoms with Crippen LogP contribution in [0.25, 0.3) is 0 Å². The molecule has 1 aromatic heterocycles. The number of rotatable bonds is 6. The van der Waals surface area contributed by atoms with Crippen molar-refractivity contribution in [2.75, 3.05) is 6.54 Å². The first-order chi connectivity index (χ1) is 7.39. The Morgan fingerprint density at radius 3 is 2.75 bits per heavy atom. The van der Waals surface area contributed by atoms with E-state index in [1.54, 1.807) is 11.3 Å². The van der Waals surface area contributed by atoms with Crippen LogP contribution in [0.3, 0.4) is 0 Å². The molecular formula is C12H20BrNOS. The van der Waals surface area contributed by atoms with Gasteiger partial charge in [0.1, 0.15) is 0 Å². The molecule has 0 aliphatic carbocycles. The average Bonchev–Trinajstić information content (AvgIpc) is 2.48. The van der Waals surface area contributed by atoms with Crippen LogP contribution in [0.15, 0.2) is 15.9 Å². The smallest absolute Gasteiger partial charge is 0.0679 e. The zero-order chi connectivity index (χ0) is 12.2. The van der Waals surface area contributed by atoms with Gasteiger partial charge in [-0.2, -0.15) is 0 Å². The van der Waals surface area contributed by atoms with Crippen molar-refractivity contribution >= 4 is 27.3 Å². The Labute approximate surface area is 110 Å². The van der Waals surface area contributed by atoms with E-state index in [9.17, 15) is 5.11 Å². The van der Waals surface area contributed by atoms with Crippen LogP contribution in [-0.2, 0) is 6.42 Å². The lowest BCUT2D eigenvalue weighted by Crippen LogP contribution is -2.34. The van der Waals surface area contributed by atoms with Gasteiger partial charge in [0.15, 0.2) is 0 Å². The van der Waals surface area contributed by atoms with Crippen molar-refractivity contribution in [2.45, 2.75) is 45.3 Å². The van der Waals surface area contributed by atoms with E-state index in [-0.39, 0.29) is 0 Å². The van der Waals surface area contributed by atoms with Crippen LogP contribution >= 0.6 is 27.3 Å². The topological polar surface area (TPSA) is 32.3 Å². The van der Waals surface area contributed by atoms with E-state index >= 15 is 0 Å².